The number of hydrogen-bond acceptors (Lipinski definition) is 4. The molecular formula is C17H18F2N2O2. The molecule has 1 atom stereocenters. The Morgan fingerprint density at radius 2 is 1.91 bits per heavy atom. The molecule has 0 aliphatic heterocycles. The lowest BCUT2D eigenvalue weighted by molar-refractivity contribution is 0.182. The third-order valence-corrected chi connectivity index (χ3v) is 3.33. The molecule has 2 N–H and O–H groups in total. The van der Waals surface area contributed by atoms with Crippen LogP contribution in [-0.4, -0.2) is 26.5 Å². The number of allylic oxidation sites excluding steroid dienone is 1. The van der Waals surface area contributed by atoms with E-state index in [2.05, 4.69) is 10.2 Å². The quantitative estimate of drug-likeness (QED) is 0.797. The fourth-order valence-corrected chi connectivity index (χ4v) is 2.10. The van der Waals surface area contributed by atoms with Gasteiger partial charge in [0.1, 0.15) is 0 Å². The lowest BCUT2D eigenvalue weighted by atomic mass is 10.1. The smallest absolute Gasteiger partial charge is 0.230 e. The molecule has 122 valence electrons. The van der Waals surface area contributed by atoms with Crippen molar-refractivity contribution < 1.29 is 19.0 Å². The molecule has 1 heterocycles. The molecule has 0 spiro atoms. The van der Waals surface area contributed by atoms with E-state index in [1.165, 1.54) is 30.3 Å². The Morgan fingerprint density at radius 3 is 2.57 bits per heavy atom. The summed E-state index contributed by atoms with van der Waals surface area (Å²) in [5.41, 5.74) is 0.281. The minimum absolute atomic E-state index is 0.0127. The molecule has 4 nitrogen and oxygen atoms in total. The Balaban J connectivity index is 2.14. The molecule has 1 aromatic heterocycles. The van der Waals surface area contributed by atoms with E-state index in [9.17, 15) is 8.78 Å². The van der Waals surface area contributed by atoms with Crippen LogP contribution in [0, 0.1) is 11.6 Å². The van der Waals surface area contributed by atoms with Crippen molar-refractivity contribution >= 4 is 6.08 Å². The standard InChI is InChI=1S/C17H18F2N2O2/c1-11(22)5-3-2-4-6-12-7-8-13(17(19)16(12)18)14-9-10-15(23)21-20-14/h4,6-11,22H,2-3,5H2,1H3,(H,21,23). The van der Waals surface area contributed by atoms with Gasteiger partial charge in [-0.3, -0.25) is 0 Å². The maximum atomic E-state index is 14.2. The number of unbranched alkanes of at least 4 members (excludes halogenated alkanes) is 1. The minimum atomic E-state index is -1.00. The minimum Gasteiger partial charge on any atom is -0.492 e. The molecule has 1 unspecified atom stereocenters. The summed E-state index contributed by atoms with van der Waals surface area (Å²) in [5.74, 6) is -2.24. The number of hydrogen-bond donors (Lipinski definition) is 2. The molecule has 0 radical (unpaired) electrons. The van der Waals surface area contributed by atoms with Crippen LogP contribution in [0.15, 0.2) is 30.3 Å². The molecule has 1 aromatic carbocycles. The number of benzene rings is 1. The van der Waals surface area contributed by atoms with Gasteiger partial charge < -0.3 is 10.2 Å². The van der Waals surface area contributed by atoms with Gasteiger partial charge >= 0.3 is 0 Å². The molecule has 6 heteroatoms. The number of rotatable bonds is 6. The predicted molar refractivity (Wildman–Crippen MR) is 83.6 cm³/mol. The first-order valence-corrected chi connectivity index (χ1v) is 7.34. The van der Waals surface area contributed by atoms with Gasteiger partial charge in [-0.2, -0.15) is 0 Å². The van der Waals surface area contributed by atoms with Crippen molar-refractivity contribution in [1.82, 2.24) is 10.2 Å². The van der Waals surface area contributed by atoms with Crippen LogP contribution in [0.25, 0.3) is 17.3 Å². The van der Waals surface area contributed by atoms with Crippen LogP contribution in [0.2, 0.25) is 0 Å². The first-order valence-electron chi connectivity index (χ1n) is 7.34. The number of aliphatic hydroxyl groups is 1. The average Bonchev–Trinajstić information content (AvgIpc) is 2.52. The van der Waals surface area contributed by atoms with Crippen LogP contribution in [0.5, 0.6) is 5.88 Å². The van der Waals surface area contributed by atoms with Gasteiger partial charge in [-0.25, -0.2) is 8.78 Å². The Kier molecular flexibility index (Phi) is 5.76. The lowest BCUT2D eigenvalue weighted by Crippen LogP contribution is -1.97. The Bertz CT molecular complexity index is 686. The fraction of sp³-hybridized carbons (Fsp3) is 0.294. The molecule has 0 saturated heterocycles. The second-order valence-electron chi connectivity index (χ2n) is 5.29. The summed E-state index contributed by atoms with van der Waals surface area (Å²) >= 11 is 0. The van der Waals surface area contributed by atoms with Crippen LogP contribution in [-0.2, 0) is 0 Å². The average molecular weight is 320 g/mol. The lowest BCUT2D eigenvalue weighted by Gasteiger charge is -2.05. The number of aromatic hydroxyl groups is 1. The van der Waals surface area contributed by atoms with Gasteiger partial charge in [0.2, 0.25) is 5.88 Å². The summed E-state index contributed by atoms with van der Waals surface area (Å²) in [4.78, 5) is 0. The van der Waals surface area contributed by atoms with Gasteiger partial charge in [0.15, 0.2) is 11.6 Å². The summed E-state index contributed by atoms with van der Waals surface area (Å²) in [6, 6.07) is 5.52. The molecule has 0 fully saturated rings. The number of aliphatic hydroxyl groups excluding tert-OH is 1. The number of nitrogens with zero attached hydrogens (tertiary/aromatic N) is 2. The third kappa shape index (κ3) is 4.56. The summed E-state index contributed by atoms with van der Waals surface area (Å²) < 4.78 is 28.3. The van der Waals surface area contributed by atoms with Crippen LogP contribution in [0.1, 0.15) is 31.7 Å². The molecule has 0 bridgehead atoms. The van der Waals surface area contributed by atoms with Crippen LogP contribution < -0.4 is 0 Å². The highest BCUT2D eigenvalue weighted by molar-refractivity contribution is 5.63. The Morgan fingerprint density at radius 1 is 1.13 bits per heavy atom. The van der Waals surface area contributed by atoms with Crippen molar-refractivity contribution in [3.63, 3.8) is 0 Å². The maximum absolute atomic E-state index is 14.2. The van der Waals surface area contributed by atoms with E-state index in [4.69, 9.17) is 10.2 Å². The first-order chi connectivity index (χ1) is 11.0. The van der Waals surface area contributed by atoms with Crippen LogP contribution in [0.3, 0.4) is 0 Å². The largest absolute Gasteiger partial charge is 0.492 e. The van der Waals surface area contributed by atoms with Crippen molar-refractivity contribution in [1.29, 1.82) is 0 Å². The van der Waals surface area contributed by atoms with Gasteiger partial charge in [0, 0.05) is 17.2 Å². The van der Waals surface area contributed by atoms with Gasteiger partial charge in [-0.15, -0.1) is 10.2 Å². The zero-order valence-electron chi connectivity index (χ0n) is 12.7. The fourth-order valence-electron chi connectivity index (χ4n) is 2.10. The summed E-state index contributed by atoms with van der Waals surface area (Å²) in [6.45, 7) is 1.71. The molecule has 2 aromatic rings. The van der Waals surface area contributed by atoms with E-state index < -0.39 is 11.6 Å². The van der Waals surface area contributed by atoms with Crippen LogP contribution in [0.4, 0.5) is 8.78 Å². The Hall–Kier alpha value is -2.34. The van der Waals surface area contributed by atoms with Crippen molar-refractivity contribution in [2.24, 2.45) is 0 Å². The molecule has 23 heavy (non-hydrogen) atoms. The highest BCUT2D eigenvalue weighted by atomic mass is 19.2. The Labute approximate surface area is 133 Å². The highest BCUT2D eigenvalue weighted by Crippen LogP contribution is 2.26. The highest BCUT2D eigenvalue weighted by Gasteiger charge is 2.14. The second kappa shape index (κ2) is 7.78. The van der Waals surface area contributed by atoms with Crippen molar-refractivity contribution in [3.8, 4) is 17.1 Å². The summed E-state index contributed by atoms with van der Waals surface area (Å²) in [6.07, 6.45) is 5.03. The van der Waals surface area contributed by atoms with Gasteiger partial charge in [0.05, 0.1) is 11.8 Å². The third-order valence-electron chi connectivity index (χ3n) is 3.33. The normalized spacial score (nSPS) is 12.7. The van der Waals surface area contributed by atoms with Gasteiger partial charge in [-0.05, 0) is 38.3 Å². The van der Waals surface area contributed by atoms with E-state index in [1.807, 2.05) is 0 Å². The summed E-state index contributed by atoms with van der Waals surface area (Å²) in [5, 5.41) is 25.3. The van der Waals surface area contributed by atoms with Crippen molar-refractivity contribution in [2.75, 3.05) is 0 Å². The SMILES string of the molecule is CC(O)CCCC=Cc1ccc(-c2ccc(O)nn2)c(F)c1F. The molecule has 0 amide bonds. The predicted octanol–water partition coefficient (Wildman–Crippen LogP) is 3.69. The van der Waals surface area contributed by atoms with E-state index >= 15 is 0 Å². The summed E-state index contributed by atoms with van der Waals surface area (Å²) in [7, 11) is 0. The molecule has 0 saturated carbocycles. The second-order valence-corrected chi connectivity index (χ2v) is 5.29. The maximum Gasteiger partial charge on any atom is 0.230 e. The van der Waals surface area contributed by atoms with Crippen molar-refractivity contribution in [2.45, 2.75) is 32.3 Å². The van der Waals surface area contributed by atoms with Gasteiger partial charge in [0.25, 0.3) is 0 Å². The monoisotopic (exact) mass is 320 g/mol. The van der Waals surface area contributed by atoms with E-state index in [-0.39, 0.29) is 28.8 Å². The zero-order chi connectivity index (χ0) is 16.8. The molecule has 2 rings (SSSR count). The number of aromatic nitrogens is 2. The zero-order valence-corrected chi connectivity index (χ0v) is 12.7. The van der Waals surface area contributed by atoms with Crippen molar-refractivity contribution in [3.05, 3.63) is 47.5 Å². The first kappa shape index (κ1) is 17.0. The van der Waals surface area contributed by atoms with E-state index in [1.54, 1.807) is 13.0 Å². The molecule has 0 aliphatic carbocycles. The topological polar surface area (TPSA) is 66.2 Å². The van der Waals surface area contributed by atoms with E-state index in [0.717, 1.165) is 6.42 Å². The van der Waals surface area contributed by atoms with Crippen LogP contribution >= 0.6 is 0 Å². The van der Waals surface area contributed by atoms with E-state index in [0.29, 0.717) is 12.8 Å². The molecule has 0 aliphatic rings. The van der Waals surface area contributed by atoms with Gasteiger partial charge in [-0.1, -0.05) is 18.2 Å². The number of halogens is 2. The molecular weight excluding hydrogens is 302 g/mol.